The lowest BCUT2D eigenvalue weighted by Crippen LogP contribution is -2.39. The van der Waals surface area contributed by atoms with Crippen molar-refractivity contribution in [3.8, 4) is 0 Å². The molecule has 1 saturated heterocycles. The van der Waals surface area contributed by atoms with E-state index < -0.39 is 0 Å². The standard InChI is InChI=1S/C13H16Cl2FN/c1-9-7-17(6-5-11(9)14)8-10-3-2-4-12(15)13(10)16/h2-4,9,11H,5-8H2,1H3. The Bertz CT molecular complexity index is 397. The molecule has 1 nitrogen and oxygen atoms in total. The molecule has 0 N–H and O–H groups in total. The van der Waals surface area contributed by atoms with Crippen molar-refractivity contribution in [2.75, 3.05) is 13.1 Å². The van der Waals surface area contributed by atoms with Crippen LogP contribution in [0.4, 0.5) is 4.39 Å². The zero-order chi connectivity index (χ0) is 12.4. The van der Waals surface area contributed by atoms with Crippen LogP contribution in [0.3, 0.4) is 0 Å². The minimum absolute atomic E-state index is 0.197. The average molecular weight is 276 g/mol. The highest BCUT2D eigenvalue weighted by Crippen LogP contribution is 2.25. The highest BCUT2D eigenvalue weighted by molar-refractivity contribution is 6.30. The summed E-state index contributed by atoms with van der Waals surface area (Å²) in [5.74, 6) is 0.155. The van der Waals surface area contributed by atoms with Crippen LogP contribution in [0.5, 0.6) is 0 Å². The van der Waals surface area contributed by atoms with Crippen molar-refractivity contribution in [2.24, 2.45) is 5.92 Å². The van der Waals surface area contributed by atoms with Crippen molar-refractivity contribution in [2.45, 2.75) is 25.3 Å². The van der Waals surface area contributed by atoms with Gasteiger partial charge in [0.15, 0.2) is 0 Å². The predicted molar refractivity (Wildman–Crippen MR) is 70.1 cm³/mol. The SMILES string of the molecule is CC1CN(Cc2cccc(Cl)c2F)CCC1Cl. The summed E-state index contributed by atoms with van der Waals surface area (Å²) in [7, 11) is 0. The molecule has 4 heteroatoms. The molecule has 1 heterocycles. The van der Waals surface area contributed by atoms with E-state index in [0.717, 1.165) is 19.5 Å². The maximum absolute atomic E-state index is 13.7. The molecule has 0 radical (unpaired) electrons. The highest BCUT2D eigenvalue weighted by Gasteiger charge is 2.24. The van der Waals surface area contributed by atoms with E-state index in [1.165, 1.54) is 0 Å². The van der Waals surface area contributed by atoms with Gasteiger partial charge in [0.05, 0.1) is 5.02 Å². The van der Waals surface area contributed by atoms with Gasteiger partial charge >= 0.3 is 0 Å². The Morgan fingerprint density at radius 1 is 1.47 bits per heavy atom. The quantitative estimate of drug-likeness (QED) is 0.740. The zero-order valence-electron chi connectivity index (χ0n) is 9.80. The number of alkyl halides is 1. The molecule has 0 aliphatic carbocycles. The minimum Gasteiger partial charge on any atom is -0.299 e. The molecule has 0 spiro atoms. The van der Waals surface area contributed by atoms with Crippen LogP contribution >= 0.6 is 23.2 Å². The van der Waals surface area contributed by atoms with Crippen LogP contribution in [0, 0.1) is 11.7 Å². The van der Waals surface area contributed by atoms with Crippen LogP contribution in [-0.4, -0.2) is 23.4 Å². The predicted octanol–water partition coefficient (Wildman–Crippen LogP) is 3.93. The Labute approximate surface area is 112 Å². The molecule has 0 saturated carbocycles. The first kappa shape index (κ1) is 13.1. The minimum atomic E-state index is -0.296. The molecule has 0 bridgehead atoms. The molecular formula is C13H16Cl2FN. The van der Waals surface area contributed by atoms with Gasteiger partial charge in [0.2, 0.25) is 0 Å². The molecule has 1 aromatic rings. The number of piperidine rings is 1. The fourth-order valence-electron chi connectivity index (χ4n) is 2.26. The summed E-state index contributed by atoms with van der Waals surface area (Å²) in [6, 6.07) is 5.16. The first-order valence-electron chi connectivity index (χ1n) is 5.87. The van der Waals surface area contributed by atoms with Gasteiger partial charge in [-0.3, -0.25) is 4.90 Å². The number of hydrogen-bond donors (Lipinski definition) is 0. The van der Waals surface area contributed by atoms with E-state index in [1.807, 2.05) is 0 Å². The molecule has 1 aliphatic heterocycles. The third-order valence-electron chi connectivity index (χ3n) is 3.31. The van der Waals surface area contributed by atoms with E-state index in [9.17, 15) is 4.39 Å². The fourth-order valence-corrected chi connectivity index (χ4v) is 2.63. The van der Waals surface area contributed by atoms with Gasteiger partial charge in [-0.25, -0.2) is 4.39 Å². The van der Waals surface area contributed by atoms with Gasteiger partial charge in [0.1, 0.15) is 5.82 Å². The van der Waals surface area contributed by atoms with Gasteiger partial charge < -0.3 is 0 Å². The van der Waals surface area contributed by atoms with E-state index in [2.05, 4.69) is 11.8 Å². The smallest absolute Gasteiger partial charge is 0.146 e. The second kappa shape index (κ2) is 5.55. The second-order valence-electron chi connectivity index (χ2n) is 4.73. The van der Waals surface area contributed by atoms with Crippen molar-refractivity contribution in [1.82, 2.24) is 4.90 Å². The Hall–Kier alpha value is -0.310. The summed E-state index contributed by atoms with van der Waals surface area (Å²) in [5, 5.41) is 0.443. The highest BCUT2D eigenvalue weighted by atomic mass is 35.5. The van der Waals surface area contributed by atoms with Crippen molar-refractivity contribution >= 4 is 23.2 Å². The third kappa shape index (κ3) is 3.12. The summed E-state index contributed by atoms with van der Waals surface area (Å²) in [5.41, 5.74) is 0.665. The molecule has 0 aromatic heterocycles. The normalized spacial score (nSPS) is 26.1. The number of halogens is 3. The van der Waals surface area contributed by atoms with Crippen LogP contribution in [0.25, 0.3) is 0 Å². The Morgan fingerprint density at radius 3 is 2.94 bits per heavy atom. The molecule has 1 aliphatic rings. The Kier molecular flexibility index (Phi) is 4.29. The molecular weight excluding hydrogens is 260 g/mol. The van der Waals surface area contributed by atoms with E-state index in [4.69, 9.17) is 23.2 Å². The van der Waals surface area contributed by atoms with Gasteiger partial charge in [-0.1, -0.05) is 30.7 Å². The first-order chi connectivity index (χ1) is 8.08. The van der Waals surface area contributed by atoms with Crippen LogP contribution in [-0.2, 0) is 6.54 Å². The van der Waals surface area contributed by atoms with Gasteiger partial charge in [-0.2, -0.15) is 0 Å². The van der Waals surface area contributed by atoms with E-state index in [0.29, 0.717) is 18.0 Å². The molecule has 17 heavy (non-hydrogen) atoms. The zero-order valence-corrected chi connectivity index (χ0v) is 11.3. The molecule has 94 valence electrons. The molecule has 0 amide bonds. The van der Waals surface area contributed by atoms with Crippen molar-refractivity contribution in [1.29, 1.82) is 0 Å². The van der Waals surface area contributed by atoms with E-state index >= 15 is 0 Å². The van der Waals surface area contributed by atoms with Crippen molar-refractivity contribution in [3.63, 3.8) is 0 Å². The number of likely N-dealkylation sites (tertiary alicyclic amines) is 1. The van der Waals surface area contributed by atoms with E-state index in [-0.39, 0.29) is 16.2 Å². The lowest BCUT2D eigenvalue weighted by molar-refractivity contribution is 0.178. The summed E-state index contributed by atoms with van der Waals surface area (Å²) < 4.78 is 13.7. The Balaban J connectivity index is 2.04. The molecule has 1 fully saturated rings. The summed E-state index contributed by atoms with van der Waals surface area (Å²) in [4.78, 5) is 2.23. The number of benzene rings is 1. The summed E-state index contributed by atoms with van der Waals surface area (Å²) in [6.07, 6.45) is 0.963. The van der Waals surface area contributed by atoms with Crippen LogP contribution in [0.1, 0.15) is 18.9 Å². The van der Waals surface area contributed by atoms with Gasteiger partial charge in [-0.15, -0.1) is 11.6 Å². The van der Waals surface area contributed by atoms with Crippen LogP contribution in [0.15, 0.2) is 18.2 Å². The average Bonchev–Trinajstić information content (AvgIpc) is 2.30. The summed E-state index contributed by atoms with van der Waals surface area (Å²) in [6.45, 7) is 4.59. The van der Waals surface area contributed by atoms with E-state index in [1.54, 1.807) is 18.2 Å². The molecule has 2 rings (SSSR count). The second-order valence-corrected chi connectivity index (χ2v) is 5.70. The largest absolute Gasteiger partial charge is 0.299 e. The lowest BCUT2D eigenvalue weighted by atomic mass is 9.99. The third-order valence-corrected chi connectivity index (χ3v) is 4.25. The molecule has 2 atom stereocenters. The van der Waals surface area contributed by atoms with Crippen molar-refractivity contribution in [3.05, 3.63) is 34.6 Å². The number of nitrogens with zero attached hydrogens (tertiary/aromatic N) is 1. The molecule has 2 unspecified atom stereocenters. The Morgan fingerprint density at radius 2 is 2.24 bits per heavy atom. The van der Waals surface area contributed by atoms with Gasteiger partial charge in [0, 0.05) is 24.0 Å². The van der Waals surface area contributed by atoms with Crippen molar-refractivity contribution < 1.29 is 4.39 Å². The number of rotatable bonds is 2. The monoisotopic (exact) mass is 275 g/mol. The number of hydrogen-bond acceptors (Lipinski definition) is 1. The molecule has 1 aromatic carbocycles. The van der Waals surface area contributed by atoms with Gasteiger partial charge in [0.25, 0.3) is 0 Å². The van der Waals surface area contributed by atoms with Crippen LogP contribution in [0.2, 0.25) is 5.02 Å². The summed E-state index contributed by atoms with van der Waals surface area (Å²) >= 11 is 11.9. The van der Waals surface area contributed by atoms with Gasteiger partial charge in [-0.05, 0) is 24.9 Å². The fraction of sp³-hybridized carbons (Fsp3) is 0.538. The van der Waals surface area contributed by atoms with Crippen LogP contribution < -0.4 is 0 Å². The maximum Gasteiger partial charge on any atom is 0.146 e. The first-order valence-corrected chi connectivity index (χ1v) is 6.68. The maximum atomic E-state index is 13.7. The topological polar surface area (TPSA) is 3.24 Å². The lowest BCUT2D eigenvalue weighted by Gasteiger charge is -2.34.